The highest BCUT2D eigenvalue weighted by molar-refractivity contribution is 5.96. The van der Waals surface area contributed by atoms with E-state index < -0.39 is 11.1 Å². The van der Waals surface area contributed by atoms with Crippen molar-refractivity contribution in [2.75, 3.05) is 7.11 Å². The Morgan fingerprint density at radius 1 is 1.18 bits per heavy atom. The molecule has 1 heterocycles. The average Bonchev–Trinajstić information content (AvgIpc) is 2.43. The quantitative estimate of drug-likeness (QED) is 0.787. The molecule has 0 amide bonds. The Kier molecular flexibility index (Phi) is 4.07. The first kappa shape index (κ1) is 16.5. The van der Waals surface area contributed by atoms with Crippen LogP contribution in [0, 0.1) is 5.41 Å². The summed E-state index contributed by atoms with van der Waals surface area (Å²) in [6.07, 6.45) is 0.486. The highest BCUT2D eigenvalue weighted by atomic mass is 16.6. The minimum atomic E-state index is -0.961. The van der Waals surface area contributed by atoms with Crippen LogP contribution in [-0.2, 0) is 20.7 Å². The third kappa shape index (κ3) is 2.74. The molecule has 2 rings (SSSR count). The van der Waals surface area contributed by atoms with Gasteiger partial charge in [-0.15, -0.1) is 0 Å². The second kappa shape index (κ2) is 5.41. The highest BCUT2D eigenvalue weighted by Crippen LogP contribution is 2.40. The van der Waals surface area contributed by atoms with Crippen molar-refractivity contribution in [3.63, 3.8) is 0 Å². The summed E-state index contributed by atoms with van der Waals surface area (Å²) < 4.78 is 11.3. The van der Waals surface area contributed by atoms with Gasteiger partial charge in [0.15, 0.2) is 11.1 Å². The maximum absolute atomic E-state index is 12.7. The largest absolute Gasteiger partial charge is 0.481 e. The van der Waals surface area contributed by atoms with E-state index in [2.05, 4.69) is 4.99 Å². The zero-order valence-electron chi connectivity index (χ0n) is 14.3. The summed E-state index contributed by atoms with van der Waals surface area (Å²) in [6, 6.07) is 9.82. The Labute approximate surface area is 132 Å². The van der Waals surface area contributed by atoms with Crippen LogP contribution in [-0.4, -0.2) is 30.1 Å². The van der Waals surface area contributed by atoms with Crippen LogP contribution in [0.4, 0.5) is 0 Å². The van der Waals surface area contributed by atoms with Crippen LogP contribution in [0.2, 0.25) is 0 Å². The number of aliphatic imine (C=N–C) groups is 1. The molecule has 0 aliphatic carbocycles. The number of carbonyl (C=O) groups excluding carboxylic acids is 1. The number of carbonyl (C=O) groups is 1. The van der Waals surface area contributed by atoms with E-state index in [-0.39, 0.29) is 11.4 Å². The van der Waals surface area contributed by atoms with Crippen molar-refractivity contribution < 1.29 is 14.3 Å². The van der Waals surface area contributed by atoms with Crippen LogP contribution in [0.25, 0.3) is 0 Å². The van der Waals surface area contributed by atoms with Gasteiger partial charge in [-0.3, -0.25) is 0 Å². The Balaban J connectivity index is 2.43. The molecule has 0 radical (unpaired) electrons. The first-order valence-corrected chi connectivity index (χ1v) is 7.54. The van der Waals surface area contributed by atoms with Crippen LogP contribution in [0.1, 0.15) is 40.2 Å². The molecule has 0 saturated heterocycles. The van der Waals surface area contributed by atoms with Crippen molar-refractivity contribution in [2.45, 2.75) is 52.2 Å². The number of hydrogen-bond acceptors (Lipinski definition) is 4. The Bertz CT molecular complexity index is 588. The molecule has 1 aromatic carbocycles. The maximum atomic E-state index is 12.7. The molecule has 4 nitrogen and oxygen atoms in total. The van der Waals surface area contributed by atoms with Crippen molar-refractivity contribution in [1.82, 2.24) is 0 Å². The summed E-state index contributed by atoms with van der Waals surface area (Å²) in [5.41, 5.74) is -1.10. The summed E-state index contributed by atoms with van der Waals surface area (Å²) in [6.45, 7) is 9.68. The lowest BCUT2D eigenvalue weighted by atomic mass is 9.75. The van der Waals surface area contributed by atoms with Crippen molar-refractivity contribution in [3.8, 4) is 0 Å². The van der Waals surface area contributed by atoms with Crippen LogP contribution < -0.4 is 0 Å². The second-order valence-corrected chi connectivity index (χ2v) is 7.23. The summed E-state index contributed by atoms with van der Waals surface area (Å²) >= 11 is 0. The first-order chi connectivity index (χ1) is 10.1. The normalized spacial score (nSPS) is 28.8. The van der Waals surface area contributed by atoms with Crippen molar-refractivity contribution >= 4 is 11.9 Å². The number of methoxy groups -OCH3 is 1. The molecule has 0 unspecified atom stereocenters. The molecule has 2 atom stereocenters. The molecule has 1 aromatic rings. The van der Waals surface area contributed by atoms with Crippen molar-refractivity contribution in [3.05, 3.63) is 35.9 Å². The average molecular weight is 303 g/mol. The van der Waals surface area contributed by atoms with E-state index >= 15 is 0 Å². The molecule has 0 saturated carbocycles. The standard InChI is InChI=1S/C18H25NO3/c1-16(2,3)18(5)14(21-6)19-17(4,15(20)22-18)12-13-10-8-7-9-11-13/h7-11H,12H2,1-6H3/t17-,18-/m1/s1. The SMILES string of the molecule is COC1=N[C@](C)(Cc2ccccc2)C(=O)O[C@@]1(C)C(C)(C)C. The third-order valence-corrected chi connectivity index (χ3v) is 4.51. The van der Waals surface area contributed by atoms with E-state index in [9.17, 15) is 4.79 Å². The molecule has 0 aromatic heterocycles. The van der Waals surface area contributed by atoms with Gasteiger partial charge in [-0.25, -0.2) is 9.79 Å². The first-order valence-electron chi connectivity index (χ1n) is 7.54. The van der Waals surface area contributed by atoms with E-state index in [1.807, 2.05) is 58.0 Å². The summed E-state index contributed by atoms with van der Waals surface area (Å²) in [7, 11) is 1.57. The van der Waals surface area contributed by atoms with Gasteiger partial charge in [-0.2, -0.15) is 0 Å². The van der Waals surface area contributed by atoms with Crippen LogP contribution >= 0.6 is 0 Å². The molecule has 0 bridgehead atoms. The van der Waals surface area contributed by atoms with E-state index in [1.165, 1.54) is 0 Å². The van der Waals surface area contributed by atoms with Gasteiger partial charge in [0.25, 0.3) is 0 Å². The molecule has 22 heavy (non-hydrogen) atoms. The van der Waals surface area contributed by atoms with Crippen molar-refractivity contribution in [2.24, 2.45) is 10.4 Å². The summed E-state index contributed by atoms with van der Waals surface area (Å²) in [4.78, 5) is 17.3. The molecular weight excluding hydrogens is 278 g/mol. The van der Waals surface area contributed by atoms with Gasteiger partial charge in [-0.1, -0.05) is 51.1 Å². The maximum Gasteiger partial charge on any atom is 0.335 e. The van der Waals surface area contributed by atoms with Gasteiger partial charge in [0.05, 0.1) is 7.11 Å². The monoisotopic (exact) mass is 303 g/mol. The Morgan fingerprint density at radius 2 is 1.77 bits per heavy atom. The number of nitrogens with zero attached hydrogens (tertiary/aromatic N) is 1. The van der Waals surface area contributed by atoms with Crippen LogP contribution in [0.3, 0.4) is 0 Å². The molecule has 1 aliphatic heterocycles. The van der Waals surface area contributed by atoms with E-state index in [0.29, 0.717) is 12.3 Å². The van der Waals surface area contributed by atoms with Gasteiger partial charge in [0.1, 0.15) is 0 Å². The molecule has 0 N–H and O–H groups in total. The number of rotatable bonds is 2. The van der Waals surface area contributed by atoms with E-state index in [0.717, 1.165) is 5.56 Å². The fourth-order valence-electron chi connectivity index (χ4n) is 2.53. The molecule has 120 valence electrons. The van der Waals surface area contributed by atoms with Crippen molar-refractivity contribution in [1.29, 1.82) is 0 Å². The number of benzene rings is 1. The van der Waals surface area contributed by atoms with Gasteiger partial charge < -0.3 is 9.47 Å². The number of cyclic esters (lactones) is 1. The van der Waals surface area contributed by atoms with Gasteiger partial charge in [0, 0.05) is 11.8 Å². The smallest absolute Gasteiger partial charge is 0.335 e. The number of ether oxygens (including phenoxy) is 2. The summed E-state index contributed by atoms with van der Waals surface area (Å²) in [5.74, 6) is 0.160. The highest BCUT2D eigenvalue weighted by Gasteiger charge is 2.54. The fraction of sp³-hybridized carbons (Fsp3) is 0.556. The topological polar surface area (TPSA) is 47.9 Å². The zero-order chi connectivity index (χ0) is 16.6. The molecule has 0 fully saturated rings. The number of hydrogen-bond donors (Lipinski definition) is 0. The predicted octanol–water partition coefficient (Wildman–Crippen LogP) is 3.39. The van der Waals surface area contributed by atoms with Crippen LogP contribution in [0.5, 0.6) is 0 Å². The van der Waals surface area contributed by atoms with Gasteiger partial charge in [0.2, 0.25) is 5.90 Å². The lowest BCUT2D eigenvalue weighted by Gasteiger charge is -2.45. The molecular formula is C18H25NO3. The third-order valence-electron chi connectivity index (χ3n) is 4.51. The fourth-order valence-corrected chi connectivity index (χ4v) is 2.53. The molecule has 0 spiro atoms. The zero-order valence-corrected chi connectivity index (χ0v) is 14.3. The Morgan fingerprint density at radius 3 is 2.27 bits per heavy atom. The minimum Gasteiger partial charge on any atom is -0.481 e. The van der Waals surface area contributed by atoms with Gasteiger partial charge >= 0.3 is 5.97 Å². The number of esters is 1. The van der Waals surface area contributed by atoms with E-state index in [1.54, 1.807) is 14.0 Å². The second-order valence-electron chi connectivity index (χ2n) is 7.23. The minimum absolute atomic E-state index is 0.311. The predicted molar refractivity (Wildman–Crippen MR) is 86.9 cm³/mol. The molecule has 1 aliphatic rings. The Hall–Kier alpha value is -1.84. The van der Waals surface area contributed by atoms with Crippen LogP contribution in [0.15, 0.2) is 35.3 Å². The molecule has 4 heteroatoms. The van der Waals surface area contributed by atoms with E-state index in [4.69, 9.17) is 9.47 Å². The lowest BCUT2D eigenvalue weighted by molar-refractivity contribution is -0.171. The summed E-state index contributed by atoms with van der Waals surface area (Å²) in [5, 5.41) is 0. The lowest BCUT2D eigenvalue weighted by Crippen LogP contribution is -2.59. The van der Waals surface area contributed by atoms with Gasteiger partial charge in [-0.05, 0) is 19.4 Å².